The van der Waals surface area contributed by atoms with Crippen LogP contribution in [-0.4, -0.2) is 71.9 Å². The third-order valence-corrected chi connectivity index (χ3v) is 8.64. The van der Waals surface area contributed by atoms with Crippen LogP contribution in [0.5, 0.6) is 0 Å². The molecule has 3 heterocycles. The van der Waals surface area contributed by atoms with Gasteiger partial charge in [-0.1, -0.05) is 0 Å². The zero-order valence-electron chi connectivity index (χ0n) is 19.3. The molecule has 3 fully saturated rings. The molecule has 0 radical (unpaired) electrons. The van der Waals surface area contributed by atoms with Crippen molar-refractivity contribution >= 4 is 45.3 Å². The fourth-order valence-corrected chi connectivity index (χ4v) is 6.13. The largest absolute Gasteiger partial charge is 0.446 e. The Morgan fingerprint density at radius 1 is 1.08 bits per heavy atom. The maximum atomic E-state index is 13.4. The molecule has 37 heavy (non-hydrogen) atoms. The van der Waals surface area contributed by atoms with Crippen molar-refractivity contribution in [3.8, 4) is 0 Å². The maximum Gasteiger partial charge on any atom is 0.446 e. The Morgan fingerprint density at radius 3 is 2.38 bits per heavy atom. The van der Waals surface area contributed by atoms with E-state index in [2.05, 4.69) is 9.71 Å². The molecular formula is C22H22F3N5O5S2. The van der Waals surface area contributed by atoms with Crippen LogP contribution in [0.1, 0.15) is 18.4 Å². The number of rotatable bonds is 7. The van der Waals surface area contributed by atoms with Crippen molar-refractivity contribution < 1.29 is 35.9 Å². The van der Waals surface area contributed by atoms with Crippen molar-refractivity contribution in [3.05, 3.63) is 48.3 Å². The predicted molar refractivity (Wildman–Crippen MR) is 128 cm³/mol. The summed E-state index contributed by atoms with van der Waals surface area (Å²) in [7, 11) is -3.90. The summed E-state index contributed by atoms with van der Waals surface area (Å²) < 4.78 is 72.7. The third-order valence-electron chi connectivity index (χ3n) is 6.38. The number of amides is 3. The van der Waals surface area contributed by atoms with Gasteiger partial charge in [-0.05, 0) is 60.5 Å². The van der Waals surface area contributed by atoms with Crippen LogP contribution < -0.4 is 9.62 Å². The van der Waals surface area contributed by atoms with E-state index in [1.807, 2.05) is 0 Å². The standard InChI is InChI=1S/C22H22F3N5O5S2/c23-22(24,25)36-17-3-1-16(2-4-17)30-19(31)21(6-7-21)29(20(30)32)14-15-5-8-26-13-18(15)27-37(33,34)28-9-11-35-12-10-28/h1-5,8,13,27H,6-7,9-12,14H2. The number of hydrogen-bond acceptors (Lipinski definition) is 7. The Kier molecular flexibility index (Phi) is 6.58. The molecule has 2 aliphatic heterocycles. The Hall–Kier alpha value is -2.88. The molecule has 3 amide bonds. The number of anilines is 2. The molecule has 1 spiro atoms. The van der Waals surface area contributed by atoms with Crippen molar-refractivity contribution in [1.82, 2.24) is 14.2 Å². The van der Waals surface area contributed by atoms with E-state index in [4.69, 9.17) is 4.74 Å². The zero-order chi connectivity index (χ0) is 26.4. The van der Waals surface area contributed by atoms with Crippen LogP contribution in [0.15, 0.2) is 47.6 Å². The normalized spacial score (nSPS) is 20.1. The Labute approximate surface area is 214 Å². The number of hydrogen-bond donors (Lipinski definition) is 1. The van der Waals surface area contributed by atoms with Crippen LogP contribution in [0.4, 0.5) is 29.3 Å². The summed E-state index contributed by atoms with van der Waals surface area (Å²) >= 11 is -0.287. The monoisotopic (exact) mass is 557 g/mol. The molecular weight excluding hydrogens is 535 g/mol. The van der Waals surface area contributed by atoms with E-state index in [0.29, 0.717) is 18.4 Å². The Morgan fingerprint density at radius 2 is 1.76 bits per heavy atom. The lowest BCUT2D eigenvalue weighted by molar-refractivity contribution is -0.120. The second-order valence-corrected chi connectivity index (χ2v) is 11.5. The Balaban J connectivity index is 1.37. The SMILES string of the molecule is O=C1N(c2ccc(SC(F)(F)F)cc2)C(=O)C2(CC2)N1Cc1ccncc1NS(=O)(=O)N1CCOCC1. The number of pyridine rings is 1. The lowest BCUT2D eigenvalue weighted by atomic mass is 10.1. The van der Waals surface area contributed by atoms with Crippen LogP contribution in [0.2, 0.25) is 0 Å². The van der Waals surface area contributed by atoms with Gasteiger partial charge in [-0.15, -0.1) is 0 Å². The van der Waals surface area contributed by atoms with Crippen LogP contribution in [0.25, 0.3) is 0 Å². The number of urea groups is 1. The molecule has 15 heteroatoms. The van der Waals surface area contributed by atoms with Gasteiger partial charge in [-0.3, -0.25) is 14.5 Å². The molecule has 5 rings (SSSR count). The number of aromatic nitrogens is 1. The molecule has 1 saturated carbocycles. The Bertz CT molecular complexity index is 1310. The molecule has 2 saturated heterocycles. The molecule has 0 unspecified atom stereocenters. The first-order valence-corrected chi connectivity index (χ1v) is 13.6. The quantitative estimate of drug-likeness (QED) is 0.411. The van der Waals surface area contributed by atoms with E-state index < -0.39 is 33.2 Å². The highest BCUT2D eigenvalue weighted by Crippen LogP contribution is 2.50. The van der Waals surface area contributed by atoms with Crippen LogP contribution in [0.3, 0.4) is 0 Å². The fourth-order valence-electron chi connectivity index (χ4n) is 4.37. The van der Waals surface area contributed by atoms with Crippen LogP contribution >= 0.6 is 11.8 Å². The number of nitrogens with one attached hydrogen (secondary N) is 1. The summed E-state index contributed by atoms with van der Waals surface area (Å²) in [6.07, 6.45) is 3.65. The van der Waals surface area contributed by atoms with E-state index in [1.165, 1.54) is 45.9 Å². The highest BCUT2D eigenvalue weighted by Gasteiger charge is 2.65. The minimum Gasteiger partial charge on any atom is -0.379 e. The van der Waals surface area contributed by atoms with Crippen molar-refractivity contribution in [2.75, 3.05) is 35.9 Å². The lowest BCUT2D eigenvalue weighted by Gasteiger charge is -2.27. The topological polar surface area (TPSA) is 112 Å². The molecule has 1 aliphatic carbocycles. The first-order chi connectivity index (χ1) is 17.5. The summed E-state index contributed by atoms with van der Waals surface area (Å²) in [5.41, 5.74) is -4.74. The van der Waals surface area contributed by atoms with E-state index in [1.54, 1.807) is 6.07 Å². The van der Waals surface area contributed by atoms with Gasteiger partial charge in [-0.2, -0.15) is 25.9 Å². The maximum absolute atomic E-state index is 13.4. The van der Waals surface area contributed by atoms with Gasteiger partial charge >= 0.3 is 21.7 Å². The van der Waals surface area contributed by atoms with E-state index >= 15 is 0 Å². The molecule has 1 aromatic carbocycles. The van der Waals surface area contributed by atoms with Crippen molar-refractivity contribution in [2.45, 2.75) is 35.3 Å². The minimum absolute atomic E-state index is 0.0629. The average Bonchev–Trinajstić information content (AvgIpc) is 3.62. The van der Waals surface area contributed by atoms with Gasteiger partial charge in [0.15, 0.2) is 0 Å². The number of imide groups is 1. The first kappa shape index (κ1) is 25.8. The third kappa shape index (κ3) is 5.12. The van der Waals surface area contributed by atoms with Gasteiger partial charge in [0.1, 0.15) is 5.54 Å². The van der Waals surface area contributed by atoms with Gasteiger partial charge < -0.3 is 9.64 Å². The summed E-state index contributed by atoms with van der Waals surface area (Å²) in [6, 6.07) is 5.96. The average molecular weight is 558 g/mol. The van der Waals surface area contributed by atoms with Gasteiger partial charge in [0.2, 0.25) is 0 Å². The smallest absolute Gasteiger partial charge is 0.379 e. The van der Waals surface area contributed by atoms with E-state index in [9.17, 15) is 31.2 Å². The molecule has 198 valence electrons. The zero-order valence-corrected chi connectivity index (χ0v) is 20.9. The predicted octanol–water partition coefficient (Wildman–Crippen LogP) is 3.18. The summed E-state index contributed by atoms with van der Waals surface area (Å²) in [5.74, 6) is -0.460. The fraction of sp³-hybridized carbons (Fsp3) is 0.409. The summed E-state index contributed by atoms with van der Waals surface area (Å²) in [5, 5.41) is 0. The molecule has 2 aromatic rings. The van der Waals surface area contributed by atoms with E-state index in [0.717, 1.165) is 4.90 Å². The van der Waals surface area contributed by atoms with Crippen molar-refractivity contribution in [1.29, 1.82) is 0 Å². The number of carbonyl (C=O) groups is 2. The number of halogens is 3. The molecule has 1 aromatic heterocycles. The molecule has 1 N–H and O–H groups in total. The number of carbonyl (C=O) groups excluding carboxylic acids is 2. The molecule has 0 bridgehead atoms. The second kappa shape index (κ2) is 9.45. The van der Waals surface area contributed by atoms with Gasteiger partial charge in [0, 0.05) is 24.2 Å². The molecule has 0 atom stereocenters. The molecule has 3 aliphatic rings. The number of nitrogens with zero attached hydrogens (tertiary/aromatic N) is 4. The number of thioether (sulfide) groups is 1. The van der Waals surface area contributed by atoms with Crippen LogP contribution in [-0.2, 0) is 26.3 Å². The number of alkyl halides is 3. The van der Waals surface area contributed by atoms with Gasteiger partial charge in [0.25, 0.3) is 5.91 Å². The first-order valence-electron chi connectivity index (χ1n) is 11.3. The van der Waals surface area contributed by atoms with Crippen molar-refractivity contribution in [2.24, 2.45) is 0 Å². The second-order valence-electron chi connectivity index (χ2n) is 8.73. The molecule has 10 nitrogen and oxygen atoms in total. The lowest BCUT2D eigenvalue weighted by Crippen LogP contribution is -2.43. The van der Waals surface area contributed by atoms with Gasteiger partial charge in [-0.25, -0.2) is 9.69 Å². The van der Waals surface area contributed by atoms with E-state index in [-0.39, 0.29) is 60.9 Å². The minimum atomic E-state index is -4.46. The summed E-state index contributed by atoms with van der Waals surface area (Å²) in [6.45, 7) is 0.885. The van der Waals surface area contributed by atoms with Gasteiger partial charge in [0.05, 0.1) is 37.3 Å². The number of ether oxygens (including phenoxy) is 1. The summed E-state index contributed by atoms with van der Waals surface area (Å²) in [4.78, 5) is 33.0. The highest BCUT2D eigenvalue weighted by atomic mass is 32.2. The number of morpholine rings is 1. The van der Waals surface area contributed by atoms with Crippen molar-refractivity contribution in [3.63, 3.8) is 0 Å². The van der Waals surface area contributed by atoms with Crippen LogP contribution in [0, 0.1) is 0 Å². The number of benzene rings is 1. The highest BCUT2D eigenvalue weighted by molar-refractivity contribution is 8.00.